The normalized spacial score (nSPS) is 15.1. The molecule has 0 saturated carbocycles. The van der Waals surface area contributed by atoms with Gasteiger partial charge in [-0.05, 0) is 26.0 Å². The van der Waals surface area contributed by atoms with Crippen LogP contribution in [0.2, 0.25) is 0 Å². The van der Waals surface area contributed by atoms with E-state index in [1.54, 1.807) is 0 Å². The average molecular weight is 468 g/mol. The van der Waals surface area contributed by atoms with Gasteiger partial charge in [-0.3, -0.25) is 4.99 Å². The zero-order valence-corrected chi connectivity index (χ0v) is 17.1. The second-order valence-corrected chi connectivity index (χ2v) is 5.50. The number of piperazine rings is 1. The molecule has 1 N–H and O–H groups in total. The van der Waals surface area contributed by atoms with Crippen molar-refractivity contribution >= 4 is 35.6 Å². The topological polar surface area (TPSA) is 40.1 Å². The van der Waals surface area contributed by atoms with E-state index < -0.39 is 5.82 Å². The summed E-state index contributed by atoms with van der Waals surface area (Å²) in [5, 5.41) is 3.27. The third kappa shape index (κ3) is 6.58. The largest absolute Gasteiger partial charge is 0.380 e. The molecule has 142 valence electrons. The zero-order valence-electron chi connectivity index (χ0n) is 14.8. The minimum atomic E-state index is -0.417. The Bertz CT molecular complexity index is 551. The number of anilines is 1. The number of rotatable bonds is 6. The third-order valence-electron chi connectivity index (χ3n) is 3.86. The van der Waals surface area contributed by atoms with Gasteiger partial charge in [0.2, 0.25) is 0 Å². The van der Waals surface area contributed by atoms with Gasteiger partial charge in [-0.2, -0.15) is 0 Å². The van der Waals surface area contributed by atoms with Gasteiger partial charge in [0.1, 0.15) is 11.6 Å². The molecule has 0 unspecified atom stereocenters. The van der Waals surface area contributed by atoms with Gasteiger partial charge >= 0.3 is 0 Å². The van der Waals surface area contributed by atoms with Crippen LogP contribution in [-0.2, 0) is 4.74 Å². The van der Waals surface area contributed by atoms with Crippen LogP contribution in [0.4, 0.5) is 14.5 Å². The van der Waals surface area contributed by atoms with Gasteiger partial charge in [0, 0.05) is 45.4 Å². The molecule has 2 rings (SSSR count). The van der Waals surface area contributed by atoms with E-state index in [1.807, 2.05) is 18.7 Å². The fraction of sp³-hybridized carbons (Fsp3) is 0.588. The minimum Gasteiger partial charge on any atom is -0.380 e. The summed E-state index contributed by atoms with van der Waals surface area (Å²) in [4.78, 5) is 8.57. The number of halogens is 3. The minimum absolute atomic E-state index is 0. The molecule has 0 amide bonds. The van der Waals surface area contributed by atoms with Crippen LogP contribution in [0.1, 0.15) is 13.8 Å². The van der Waals surface area contributed by atoms with E-state index in [0.717, 1.165) is 18.6 Å². The van der Waals surface area contributed by atoms with Crippen LogP contribution in [0.5, 0.6) is 0 Å². The summed E-state index contributed by atoms with van der Waals surface area (Å²) in [6, 6.07) is 3.58. The second-order valence-electron chi connectivity index (χ2n) is 5.50. The highest BCUT2D eigenvalue weighted by atomic mass is 127. The van der Waals surface area contributed by atoms with Crippen LogP contribution >= 0.6 is 24.0 Å². The Morgan fingerprint density at radius 1 is 1.20 bits per heavy atom. The van der Waals surface area contributed by atoms with Crippen LogP contribution in [0.25, 0.3) is 0 Å². The van der Waals surface area contributed by atoms with Gasteiger partial charge in [0.25, 0.3) is 0 Å². The first-order valence-corrected chi connectivity index (χ1v) is 8.46. The smallest absolute Gasteiger partial charge is 0.194 e. The van der Waals surface area contributed by atoms with Crippen molar-refractivity contribution in [1.82, 2.24) is 10.2 Å². The molecule has 0 aromatic heterocycles. The highest BCUT2D eigenvalue weighted by Crippen LogP contribution is 2.21. The molecular weight excluding hydrogens is 441 g/mol. The molecule has 25 heavy (non-hydrogen) atoms. The van der Waals surface area contributed by atoms with Gasteiger partial charge < -0.3 is 19.9 Å². The van der Waals surface area contributed by atoms with E-state index in [-0.39, 0.29) is 29.8 Å². The number of guanidine groups is 1. The Kier molecular flexibility index (Phi) is 10.0. The van der Waals surface area contributed by atoms with Crippen LogP contribution in [-0.4, -0.2) is 63.3 Å². The summed E-state index contributed by atoms with van der Waals surface area (Å²) in [6.45, 7) is 9.31. The first-order valence-electron chi connectivity index (χ1n) is 8.46. The summed E-state index contributed by atoms with van der Waals surface area (Å²) in [7, 11) is 0. The maximum atomic E-state index is 13.9. The molecule has 1 aromatic rings. The number of hydrogen-bond donors (Lipinski definition) is 1. The molecule has 1 aliphatic rings. The molecule has 0 bridgehead atoms. The summed E-state index contributed by atoms with van der Waals surface area (Å²) in [5.74, 6) is 0.0401. The summed E-state index contributed by atoms with van der Waals surface area (Å²) in [6.07, 6.45) is 0. The van der Waals surface area contributed by atoms with Crippen LogP contribution in [0.15, 0.2) is 23.2 Å². The van der Waals surface area contributed by atoms with Crippen molar-refractivity contribution in [2.24, 2.45) is 4.99 Å². The molecule has 5 nitrogen and oxygen atoms in total. The van der Waals surface area contributed by atoms with Gasteiger partial charge in [0.05, 0.1) is 18.8 Å². The molecule has 0 spiro atoms. The van der Waals surface area contributed by atoms with Crippen molar-refractivity contribution in [2.75, 3.05) is 57.4 Å². The number of nitrogens with one attached hydrogen (secondary N) is 1. The van der Waals surface area contributed by atoms with Crippen molar-refractivity contribution in [3.8, 4) is 0 Å². The van der Waals surface area contributed by atoms with Crippen molar-refractivity contribution < 1.29 is 13.5 Å². The lowest BCUT2D eigenvalue weighted by Crippen LogP contribution is -2.52. The Balaban J connectivity index is 0.00000312. The Morgan fingerprint density at radius 2 is 1.92 bits per heavy atom. The standard InChI is InChI=1S/C17H26F2N4O.HI/c1-3-20-17(21-7-12-24-4-2)23-10-8-22(9-11-23)16-13-14(18)5-6-15(16)19;/h5-6,13H,3-4,7-12H2,1-2H3,(H,20,21);1H. The molecule has 1 aromatic carbocycles. The Hall–Kier alpha value is -1.16. The summed E-state index contributed by atoms with van der Waals surface area (Å²) < 4.78 is 32.6. The quantitative estimate of drug-likeness (QED) is 0.302. The van der Waals surface area contributed by atoms with Crippen molar-refractivity contribution in [3.63, 3.8) is 0 Å². The maximum absolute atomic E-state index is 13.9. The van der Waals surface area contributed by atoms with Crippen LogP contribution < -0.4 is 10.2 Å². The molecule has 0 radical (unpaired) electrons. The van der Waals surface area contributed by atoms with E-state index in [2.05, 4.69) is 15.2 Å². The van der Waals surface area contributed by atoms with Crippen molar-refractivity contribution in [3.05, 3.63) is 29.8 Å². The van der Waals surface area contributed by atoms with Gasteiger partial charge in [-0.1, -0.05) is 0 Å². The number of ether oxygens (including phenoxy) is 1. The molecule has 0 atom stereocenters. The van der Waals surface area contributed by atoms with Crippen molar-refractivity contribution in [2.45, 2.75) is 13.8 Å². The van der Waals surface area contributed by atoms with E-state index in [0.29, 0.717) is 51.6 Å². The molecule has 1 fully saturated rings. The van der Waals surface area contributed by atoms with Crippen LogP contribution in [0, 0.1) is 11.6 Å². The van der Waals surface area contributed by atoms with Crippen molar-refractivity contribution in [1.29, 1.82) is 0 Å². The predicted molar refractivity (Wildman–Crippen MR) is 108 cm³/mol. The molecule has 1 saturated heterocycles. The monoisotopic (exact) mass is 468 g/mol. The number of hydrogen-bond acceptors (Lipinski definition) is 3. The highest BCUT2D eigenvalue weighted by molar-refractivity contribution is 14.0. The molecule has 8 heteroatoms. The zero-order chi connectivity index (χ0) is 17.4. The maximum Gasteiger partial charge on any atom is 0.194 e. The average Bonchev–Trinajstić information content (AvgIpc) is 2.60. The van der Waals surface area contributed by atoms with Crippen LogP contribution in [0.3, 0.4) is 0 Å². The summed E-state index contributed by atoms with van der Waals surface area (Å²) in [5.41, 5.74) is 0.327. The lowest BCUT2D eigenvalue weighted by molar-refractivity contribution is 0.155. The van der Waals surface area contributed by atoms with Gasteiger partial charge in [0.15, 0.2) is 5.96 Å². The van der Waals surface area contributed by atoms with E-state index in [9.17, 15) is 8.78 Å². The fourth-order valence-electron chi connectivity index (χ4n) is 2.67. The lowest BCUT2D eigenvalue weighted by atomic mass is 10.2. The first kappa shape index (κ1) is 21.9. The Labute approximate surface area is 165 Å². The Morgan fingerprint density at radius 3 is 2.56 bits per heavy atom. The predicted octanol–water partition coefficient (Wildman–Crippen LogP) is 2.71. The van der Waals surface area contributed by atoms with E-state index >= 15 is 0 Å². The molecule has 0 aliphatic carbocycles. The number of aliphatic imine (C=N–C) groups is 1. The van der Waals surface area contributed by atoms with Gasteiger partial charge in [-0.25, -0.2) is 8.78 Å². The van der Waals surface area contributed by atoms with E-state index in [4.69, 9.17) is 4.74 Å². The first-order chi connectivity index (χ1) is 11.7. The fourth-order valence-corrected chi connectivity index (χ4v) is 2.67. The SMILES string of the molecule is CCNC(=NCCOCC)N1CCN(c2cc(F)ccc2F)CC1.I. The summed E-state index contributed by atoms with van der Waals surface area (Å²) >= 11 is 0. The molecular formula is C17H27F2IN4O. The highest BCUT2D eigenvalue weighted by Gasteiger charge is 2.21. The second kappa shape index (κ2) is 11.5. The molecule has 1 aliphatic heterocycles. The number of benzene rings is 1. The third-order valence-corrected chi connectivity index (χ3v) is 3.86. The van der Waals surface area contributed by atoms with Gasteiger partial charge in [-0.15, -0.1) is 24.0 Å². The molecule has 1 heterocycles. The lowest BCUT2D eigenvalue weighted by Gasteiger charge is -2.37. The van der Waals surface area contributed by atoms with E-state index in [1.165, 1.54) is 12.1 Å². The number of nitrogens with zero attached hydrogens (tertiary/aromatic N) is 3.